The molecule has 8 nitrogen and oxygen atoms in total. The lowest BCUT2D eigenvalue weighted by Crippen LogP contribution is -2.17. The zero-order valence-electron chi connectivity index (χ0n) is 16.6. The summed E-state index contributed by atoms with van der Waals surface area (Å²) in [7, 11) is 1.47. The summed E-state index contributed by atoms with van der Waals surface area (Å²) in [4.78, 5) is 23.2. The molecule has 0 aliphatic carbocycles. The lowest BCUT2D eigenvalue weighted by atomic mass is 10.1. The predicted octanol–water partition coefficient (Wildman–Crippen LogP) is 4.46. The highest BCUT2D eigenvalue weighted by Crippen LogP contribution is 2.29. The van der Waals surface area contributed by atoms with Crippen LogP contribution in [0, 0.1) is 22.9 Å². The van der Waals surface area contributed by atoms with Gasteiger partial charge in [-0.1, -0.05) is 0 Å². The van der Waals surface area contributed by atoms with Gasteiger partial charge in [0.2, 0.25) is 0 Å². The quantitative estimate of drug-likeness (QED) is 0.315. The minimum Gasteiger partial charge on any atom is -0.496 e. The van der Waals surface area contributed by atoms with E-state index in [2.05, 4.69) is 10.5 Å². The molecule has 3 rings (SSSR count). The minimum absolute atomic E-state index is 0.101. The number of methoxy groups -OCH3 is 1. The first kappa shape index (κ1) is 21.9. The Morgan fingerprint density at radius 1 is 1.26 bits per heavy atom. The monoisotopic (exact) mass is 443 g/mol. The number of hydrogen-bond donors (Lipinski definition) is 1. The molecule has 0 bridgehead atoms. The summed E-state index contributed by atoms with van der Waals surface area (Å²) in [5.41, 5.74) is 4.19. The van der Waals surface area contributed by atoms with E-state index in [1.165, 1.54) is 24.7 Å². The van der Waals surface area contributed by atoms with Gasteiger partial charge in [-0.25, -0.2) is 9.82 Å². The molecule has 2 aromatic carbocycles. The molecule has 160 valence electrons. The highest BCUT2D eigenvalue weighted by Gasteiger charge is 2.17. The maximum absolute atomic E-state index is 13.5. The van der Waals surface area contributed by atoms with Gasteiger partial charge < -0.3 is 9.47 Å². The fourth-order valence-electron chi connectivity index (χ4n) is 2.72. The summed E-state index contributed by atoms with van der Waals surface area (Å²) in [6, 6.07) is 9.93. The Morgan fingerprint density at radius 2 is 2.06 bits per heavy atom. The molecule has 0 saturated heterocycles. The van der Waals surface area contributed by atoms with Gasteiger partial charge in [0.15, 0.2) is 5.75 Å². The number of nitrogens with one attached hydrogen (secondary N) is 1. The van der Waals surface area contributed by atoms with E-state index in [1.807, 2.05) is 18.4 Å². The smallest absolute Gasteiger partial charge is 0.311 e. The van der Waals surface area contributed by atoms with Gasteiger partial charge in [-0.3, -0.25) is 14.9 Å². The number of nitro groups is 1. The highest BCUT2D eigenvalue weighted by atomic mass is 32.1. The summed E-state index contributed by atoms with van der Waals surface area (Å²) in [6.45, 7) is 1.74. The predicted molar refractivity (Wildman–Crippen MR) is 114 cm³/mol. The third-order valence-electron chi connectivity index (χ3n) is 4.25. The molecule has 10 heteroatoms. The van der Waals surface area contributed by atoms with E-state index in [1.54, 1.807) is 18.2 Å². The van der Waals surface area contributed by atoms with Crippen molar-refractivity contribution in [1.29, 1.82) is 0 Å². The Kier molecular flexibility index (Phi) is 6.93. The van der Waals surface area contributed by atoms with Crippen molar-refractivity contribution in [3.63, 3.8) is 0 Å². The number of halogens is 1. The number of amides is 1. The highest BCUT2D eigenvalue weighted by molar-refractivity contribution is 7.12. The Labute approximate surface area is 181 Å². The molecule has 0 aliphatic rings. The van der Waals surface area contributed by atoms with Gasteiger partial charge in [0, 0.05) is 17.7 Å². The molecular weight excluding hydrogens is 425 g/mol. The molecule has 1 aromatic heterocycles. The van der Waals surface area contributed by atoms with Gasteiger partial charge in [0.25, 0.3) is 5.91 Å². The van der Waals surface area contributed by atoms with Crippen molar-refractivity contribution in [1.82, 2.24) is 5.43 Å². The Bertz CT molecular complexity index is 1150. The average molecular weight is 443 g/mol. The Morgan fingerprint density at radius 3 is 2.74 bits per heavy atom. The molecule has 31 heavy (non-hydrogen) atoms. The zero-order valence-corrected chi connectivity index (χ0v) is 17.4. The third kappa shape index (κ3) is 5.43. The summed E-state index contributed by atoms with van der Waals surface area (Å²) in [5.74, 6) is -0.663. The lowest BCUT2D eigenvalue weighted by molar-refractivity contribution is -0.386. The Hall–Kier alpha value is -3.79. The topological polar surface area (TPSA) is 103 Å². The minimum atomic E-state index is -0.648. The van der Waals surface area contributed by atoms with Crippen LogP contribution in [-0.2, 0) is 6.61 Å². The SMILES string of the molecule is COc1ccc(/C=N\NC(=O)c2sccc2C)cc1COc1cc(F)ccc1[N+](=O)[O-]. The number of hydrogen-bond acceptors (Lipinski definition) is 7. The van der Waals surface area contributed by atoms with E-state index in [-0.39, 0.29) is 24.0 Å². The molecule has 3 aromatic rings. The van der Waals surface area contributed by atoms with Crippen molar-refractivity contribution in [2.24, 2.45) is 5.10 Å². The van der Waals surface area contributed by atoms with E-state index >= 15 is 0 Å². The van der Waals surface area contributed by atoms with Crippen molar-refractivity contribution in [2.75, 3.05) is 7.11 Å². The van der Waals surface area contributed by atoms with Crippen LogP contribution in [0.3, 0.4) is 0 Å². The number of thiophene rings is 1. The van der Waals surface area contributed by atoms with Gasteiger partial charge in [-0.05, 0) is 53.8 Å². The number of benzene rings is 2. The molecule has 0 atom stereocenters. The van der Waals surface area contributed by atoms with Gasteiger partial charge in [0.05, 0.1) is 23.1 Å². The van der Waals surface area contributed by atoms with Crippen LogP contribution >= 0.6 is 11.3 Å². The van der Waals surface area contributed by atoms with Gasteiger partial charge in [0.1, 0.15) is 18.2 Å². The van der Waals surface area contributed by atoms with Crippen LogP contribution in [0.15, 0.2) is 52.9 Å². The molecule has 0 saturated carbocycles. The van der Waals surface area contributed by atoms with Gasteiger partial charge in [-0.15, -0.1) is 11.3 Å². The fourth-order valence-corrected chi connectivity index (χ4v) is 3.54. The molecule has 0 unspecified atom stereocenters. The van der Waals surface area contributed by atoms with E-state index < -0.39 is 10.7 Å². The average Bonchev–Trinajstić information content (AvgIpc) is 3.18. The summed E-state index contributed by atoms with van der Waals surface area (Å²) in [5, 5.41) is 16.9. The maximum Gasteiger partial charge on any atom is 0.311 e. The molecule has 0 fully saturated rings. The lowest BCUT2D eigenvalue weighted by Gasteiger charge is -2.11. The van der Waals surface area contributed by atoms with Crippen LogP contribution in [0.25, 0.3) is 0 Å². The van der Waals surface area contributed by atoms with E-state index in [9.17, 15) is 19.3 Å². The molecule has 0 spiro atoms. The number of nitrogens with zero attached hydrogens (tertiary/aromatic N) is 2. The van der Waals surface area contributed by atoms with E-state index in [0.717, 1.165) is 23.8 Å². The van der Waals surface area contributed by atoms with Crippen molar-refractivity contribution < 1.29 is 23.6 Å². The molecule has 1 amide bonds. The largest absolute Gasteiger partial charge is 0.496 e. The van der Waals surface area contributed by atoms with E-state index in [0.29, 0.717) is 21.8 Å². The molecule has 0 aliphatic heterocycles. The van der Waals surface area contributed by atoms with E-state index in [4.69, 9.17) is 9.47 Å². The second-order valence-corrected chi connectivity index (χ2v) is 7.28. The van der Waals surface area contributed by atoms with Crippen LogP contribution in [0.4, 0.5) is 10.1 Å². The maximum atomic E-state index is 13.5. The molecule has 1 N–H and O–H groups in total. The number of rotatable bonds is 8. The van der Waals surface area contributed by atoms with Crippen molar-refractivity contribution >= 4 is 29.1 Å². The van der Waals surface area contributed by atoms with Crippen molar-refractivity contribution in [3.8, 4) is 11.5 Å². The first-order valence-corrected chi connectivity index (χ1v) is 9.88. The number of carbonyl (C=O) groups excluding carboxylic acids is 1. The number of carbonyl (C=O) groups is 1. The van der Waals surface area contributed by atoms with Crippen molar-refractivity contribution in [3.05, 3.63) is 85.3 Å². The molecular formula is C21H18FN3O5S. The van der Waals surface area contributed by atoms with Crippen molar-refractivity contribution in [2.45, 2.75) is 13.5 Å². The number of ether oxygens (including phenoxy) is 2. The first-order valence-electron chi connectivity index (χ1n) is 9.00. The van der Waals surface area contributed by atoms with Crippen LogP contribution in [0.1, 0.15) is 26.4 Å². The fraction of sp³-hybridized carbons (Fsp3) is 0.143. The summed E-state index contributed by atoms with van der Waals surface area (Å²) >= 11 is 1.33. The first-order chi connectivity index (χ1) is 14.9. The number of hydrazone groups is 1. The second-order valence-electron chi connectivity index (χ2n) is 6.36. The number of nitro benzene ring substituents is 1. The third-order valence-corrected chi connectivity index (χ3v) is 5.27. The van der Waals surface area contributed by atoms with Gasteiger partial charge >= 0.3 is 5.69 Å². The van der Waals surface area contributed by atoms with Crippen LogP contribution in [0.2, 0.25) is 0 Å². The molecule has 0 radical (unpaired) electrons. The summed E-state index contributed by atoms with van der Waals surface area (Å²) < 4.78 is 24.3. The van der Waals surface area contributed by atoms with Gasteiger partial charge in [-0.2, -0.15) is 5.10 Å². The van der Waals surface area contributed by atoms with Crippen LogP contribution in [-0.4, -0.2) is 24.2 Å². The Balaban J connectivity index is 1.74. The normalized spacial score (nSPS) is 10.8. The number of aryl methyl sites for hydroxylation is 1. The van der Waals surface area contributed by atoms with Crippen LogP contribution < -0.4 is 14.9 Å². The molecule has 1 heterocycles. The summed E-state index contributed by atoms with van der Waals surface area (Å²) in [6.07, 6.45) is 1.45. The second kappa shape index (κ2) is 9.81. The van der Waals surface area contributed by atoms with Crippen LogP contribution in [0.5, 0.6) is 11.5 Å². The standard InChI is InChI=1S/C21H18FN3O5S/c1-13-7-8-31-20(13)21(26)24-23-11-14-3-6-18(29-2)15(9-14)12-30-19-10-16(22)4-5-17(19)25(27)28/h3-11H,12H2,1-2H3,(H,24,26)/b23-11-. The zero-order chi connectivity index (χ0) is 22.4.